The number of fused-ring (bicyclic) bond motifs is 2. The smallest absolute Gasteiger partial charge is 0.259 e. The third-order valence-corrected chi connectivity index (χ3v) is 7.38. The zero-order valence-corrected chi connectivity index (χ0v) is 18.9. The number of ether oxygens (including phenoxy) is 1. The lowest BCUT2D eigenvalue weighted by Gasteiger charge is -2.30. The highest BCUT2D eigenvalue weighted by Crippen LogP contribution is 2.33. The molecule has 0 atom stereocenters. The monoisotopic (exact) mass is 439 g/mol. The fourth-order valence-corrected chi connectivity index (χ4v) is 4.90. The molecule has 1 aromatic heterocycles. The zero-order valence-electron chi connectivity index (χ0n) is 18.0. The van der Waals surface area contributed by atoms with Crippen molar-refractivity contribution in [1.82, 2.24) is 9.29 Å². The largest absolute Gasteiger partial charge is 0.497 e. The van der Waals surface area contributed by atoms with E-state index in [-0.39, 0.29) is 10.8 Å². The van der Waals surface area contributed by atoms with Crippen LogP contribution in [0.2, 0.25) is 0 Å². The molecular weight excluding hydrogens is 414 g/mol. The van der Waals surface area contributed by atoms with E-state index in [2.05, 4.69) is 4.98 Å². The van der Waals surface area contributed by atoms with Crippen molar-refractivity contribution in [1.29, 1.82) is 0 Å². The van der Waals surface area contributed by atoms with E-state index in [1.165, 1.54) is 18.4 Å². The number of hydrogen-bond acceptors (Lipinski definition) is 5. The van der Waals surface area contributed by atoms with Crippen LogP contribution >= 0.6 is 0 Å². The third kappa shape index (κ3) is 3.77. The van der Waals surface area contributed by atoms with E-state index in [1.54, 1.807) is 36.3 Å². The molecule has 0 saturated carbocycles. The maximum atomic E-state index is 13.6. The fourth-order valence-electron chi connectivity index (χ4n) is 3.94. The Morgan fingerprint density at radius 1 is 1.13 bits per heavy atom. The van der Waals surface area contributed by atoms with Crippen molar-refractivity contribution in [2.24, 2.45) is 0 Å². The summed E-state index contributed by atoms with van der Waals surface area (Å²) in [6.45, 7) is 2.43. The number of carbonyl (C=O) groups excluding carboxylic acids is 1. The van der Waals surface area contributed by atoms with Crippen LogP contribution in [0.3, 0.4) is 0 Å². The Morgan fingerprint density at radius 2 is 1.90 bits per heavy atom. The van der Waals surface area contributed by atoms with Gasteiger partial charge < -0.3 is 9.64 Å². The second-order valence-corrected chi connectivity index (χ2v) is 9.98. The summed E-state index contributed by atoms with van der Waals surface area (Å²) < 4.78 is 31.6. The van der Waals surface area contributed by atoms with Crippen LogP contribution in [0, 0.1) is 6.92 Å². The van der Waals surface area contributed by atoms with Crippen LogP contribution < -0.4 is 9.64 Å². The SMILES string of the molecule is COc1ccc2nc(C)cc(C(=O)N3CCCc4cc(S(=O)(=O)N(C)C)ccc43)c2c1. The van der Waals surface area contributed by atoms with Gasteiger partial charge in [0, 0.05) is 37.4 Å². The standard InChI is InChI=1S/C23H25N3O4S/c1-15-12-20(19-14-17(30-4)7-9-21(19)24-15)23(27)26-11-5-6-16-13-18(8-10-22(16)26)31(28,29)25(2)3/h7-10,12-14H,5-6,11H2,1-4H3. The normalized spacial score (nSPS) is 14.0. The molecule has 162 valence electrons. The van der Waals surface area contributed by atoms with E-state index in [4.69, 9.17) is 4.74 Å². The highest BCUT2D eigenvalue weighted by Gasteiger charge is 2.27. The van der Waals surface area contributed by atoms with Gasteiger partial charge in [-0.2, -0.15) is 0 Å². The van der Waals surface area contributed by atoms with Crippen molar-refractivity contribution < 1.29 is 17.9 Å². The number of pyridine rings is 1. The average Bonchev–Trinajstić information content (AvgIpc) is 2.76. The van der Waals surface area contributed by atoms with E-state index in [0.717, 1.165) is 40.7 Å². The number of sulfonamides is 1. The first kappa shape index (κ1) is 21.3. The Balaban J connectivity index is 1.80. The van der Waals surface area contributed by atoms with Gasteiger partial charge in [-0.25, -0.2) is 12.7 Å². The molecule has 1 amide bonds. The molecule has 7 nitrogen and oxygen atoms in total. The maximum absolute atomic E-state index is 13.6. The van der Waals surface area contributed by atoms with Gasteiger partial charge in [-0.3, -0.25) is 9.78 Å². The summed E-state index contributed by atoms with van der Waals surface area (Å²) >= 11 is 0. The summed E-state index contributed by atoms with van der Waals surface area (Å²) in [7, 11) is 1.07. The van der Waals surface area contributed by atoms with Crippen LogP contribution in [0.5, 0.6) is 5.75 Å². The number of methoxy groups -OCH3 is 1. The maximum Gasteiger partial charge on any atom is 0.259 e. The zero-order chi connectivity index (χ0) is 22.3. The molecule has 0 bridgehead atoms. The molecule has 1 aliphatic heterocycles. The van der Waals surface area contributed by atoms with Crippen LogP contribution in [-0.4, -0.2) is 51.4 Å². The molecule has 2 aromatic carbocycles. The Labute approximate surface area is 182 Å². The minimum absolute atomic E-state index is 0.132. The number of rotatable bonds is 4. The molecule has 4 rings (SSSR count). The van der Waals surface area contributed by atoms with E-state index in [1.807, 2.05) is 25.1 Å². The molecule has 0 radical (unpaired) electrons. The number of benzene rings is 2. The third-order valence-electron chi connectivity index (χ3n) is 5.57. The van der Waals surface area contributed by atoms with Gasteiger partial charge in [0.2, 0.25) is 10.0 Å². The Bertz CT molecular complexity index is 1290. The van der Waals surface area contributed by atoms with Crippen LogP contribution in [0.4, 0.5) is 5.69 Å². The lowest BCUT2D eigenvalue weighted by atomic mass is 9.99. The first-order valence-corrected chi connectivity index (χ1v) is 11.5. The number of aromatic nitrogens is 1. The quantitative estimate of drug-likeness (QED) is 0.623. The van der Waals surface area contributed by atoms with Crippen molar-refractivity contribution in [3.8, 4) is 5.75 Å². The molecule has 0 aliphatic carbocycles. The molecule has 8 heteroatoms. The minimum atomic E-state index is -3.53. The van der Waals surface area contributed by atoms with E-state index in [9.17, 15) is 13.2 Å². The Hall–Kier alpha value is -2.97. The van der Waals surface area contributed by atoms with Gasteiger partial charge in [0.15, 0.2) is 0 Å². The highest BCUT2D eigenvalue weighted by atomic mass is 32.2. The Kier molecular flexibility index (Phi) is 5.45. The number of anilines is 1. The van der Waals surface area contributed by atoms with Crippen LogP contribution in [0.1, 0.15) is 28.0 Å². The summed E-state index contributed by atoms with van der Waals surface area (Å²) in [6.07, 6.45) is 1.48. The van der Waals surface area contributed by atoms with Crippen LogP contribution in [-0.2, 0) is 16.4 Å². The van der Waals surface area contributed by atoms with Gasteiger partial charge in [0.05, 0.1) is 23.1 Å². The Morgan fingerprint density at radius 3 is 2.61 bits per heavy atom. The molecule has 0 fully saturated rings. The molecule has 0 unspecified atom stereocenters. The van der Waals surface area contributed by atoms with E-state index < -0.39 is 10.0 Å². The second-order valence-electron chi connectivity index (χ2n) is 7.83. The number of amides is 1. The molecule has 1 aliphatic rings. The van der Waals surface area contributed by atoms with Crippen LogP contribution in [0.15, 0.2) is 47.4 Å². The fraction of sp³-hybridized carbons (Fsp3) is 0.304. The van der Waals surface area contributed by atoms with Gasteiger partial charge >= 0.3 is 0 Å². The molecule has 0 N–H and O–H groups in total. The molecule has 31 heavy (non-hydrogen) atoms. The number of hydrogen-bond donors (Lipinski definition) is 0. The van der Waals surface area contributed by atoms with Crippen molar-refractivity contribution in [3.63, 3.8) is 0 Å². The molecule has 0 spiro atoms. The number of aryl methyl sites for hydroxylation is 2. The lowest BCUT2D eigenvalue weighted by Crippen LogP contribution is -2.36. The van der Waals surface area contributed by atoms with Gasteiger partial charge in [-0.15, -0.1) is 0 Å². The first-order chi connectivity index (χ1) is 14.7. The van der Waals surface area contributed by atoms with Gasteiger partial charge in [0.25, 0.3) is 5.91 Å². The molecule has 3 aromatic rings. The summed E-state index contributed by atoms with van der Waals surface area (Å²) in [5, 5.41) is 0.730. The topological polar surface area (TPSA) is 79.8 Å². The number of nitrogens with zero attached hydrogens (tertiary/aromatic N) is 3. The van der Waals surface area contributed by atoms with Gasteiger partial charge in [0.1, 0.15) is 5.75 Å². The predicted octanol–water partition coefficient (Wildman–Crippen LogP) is 3.40. The summed E-state index contributed by atoms with van der Waals surface area (Å²) in [5.41, 5.74) is 3.65. The van der Waals surface area contributed by atoms with Crippen molar-refractivity contribution in [2.75, 3.05) is 32.6 Å². The highest BCUT2D eigenvalue weighted by molar-refractivity contribution is 7.89. The lowest BCUT2D eigenvalue weighted by molar-refractivity contribution is 0.0986. The second kappa shape index (κ2) is 7.94. The number of carbonyl (C=O) groups is 1. The van der Waals surface area contributed by atoms with Gasteiger partial charge in [-0.1, -0.05) is 0 Å². The van der Waals surface area contributed by atoms with Crippen LogP contribution in [0.25, 0.3) is 10.9 Å². The van der Waals surface area contributed by atoms with Crippen molar-refractivity contribution in [2.45, 2.75) is 24.7 Å². The van der Waals surface area contributed by atoms with Crippen molar-refractivity contribution >= 4 is 32.5 Å². The predicted molar refractivity (Wildman–Crippen MR) is 120 cm³/mol. The molecular formula is C23H25N3O4S. The van der Waals surface area contributed by atoms with Crippen molar-refractivity contribution in [3.05, 3.63) is 59.3 Å². The van der Waals surface area contributed by atoms with Gasteiger partial charge in [-0.05, 0) is 67.8 Å². The first-order valence-electron chi connectivity index (χ1n) is 10.0. The summed E-state index contributed by atoms with van der Waals surface area (Å²) in [4.78, 5) is 20.2. The van der Waals surface area contributed by atoms with E-state index in [0.29, 0.717) is 17.9 Å². The minimum Gasteiger partial charge on any atom is -0.497 e. The summed E-state index contributed by atoms with van der Waals surface area (Å²) in [6, 6.07) is 12.3. The van der Waals surface area contributed by atoms with E-state index >= 15 is 0 Å². The molecule has 2 heterocycles. The summed E-state index contributed by atoms with van der Waals surface area (Å²) in [5.74, 6) is 0.526. The average molecular weight is 440 g/mol. The molecule has 0 saturated heterocycles.